The van der Waals surface area contributed by atoms with Crippen molar-refractivity contribution in [3.63, 3.8) is 0 Å². The molecule has 0 aliphatic rings. The zero-order valence-electron chi connectivity index (χ0n) is 9.33. The highest BCUT2D eigenvalue weighted by Crippen LogP contribution is 2.21. The molecule has 18 heavy (non-hydrogen) atoms. The minimum absolute atomic E-state index is 0.289. The zero-order valence-corrected chi connectivity index (χ0v) is 12.5. The van der Waals surface area contributed by atoms with Crippen molar-refractivity contribution in [3.05, 3.63) is 43.8 Å². The van der Waals surface area contributed by atoms with Gasteiger partial charge < -0.3 is 4.98 Å². The molecule has 0 atom stereocenters. The third-order valence-electron chi connectivity index (χ3n) is 2.15. The lowest BCUT2D eigenvalue weighted by Gasteiger charge is -1.99. The van der Waals surface area contributed by atoms with E-state index in [0.29, 0.717) is 15.7 Å². The van der Waals surface area contributed by atoms with Crippen LogP contribution in [0.15, 0.2) is 34.0 Å². The van der Waals surface area contributed by atoms with Crippen LogP contribution < -0.4 is 5.43 Å². The zero-order chi connectivity index (χ0) is 13.1. The molecule has 2 rings (SSSR count). The highest BCUT2D eigenvalue weighted by atomic mass is 79.9. The van der Waals surface area contributed by atoms with Gasteiger partial charge in [-0.3, -0.25) is 4.79 Å². The molecule has 0 saturated carbocycles. The van der Waals surface area contributed by atoms with Crippen molar-refractivity contribution in [2.75, 3.05) is 0 Å². The molecule has 0 aliphatic carbocycles. The van der Waals surface area contributed by atoms with Gasteiger partial charge in [0.05, 0.1) is 14.9 Å². The highest BCUT2D eigenvalue weighted by Gasteiger charge is 2.07. The number of hydrazone groups is 1. The second-order valence-electron chi connectivity index (χ2n) is 3.47. The van der Waals surface area contributed by atoms with E-state index >= 15 is 0 Å². The molecule has 0 aliphatic heterocycles. The Balaban J connectivity index is 2.04. The van der Waals surface area contributed by atoms with Gasteiger partial charge in [0.1, 0.15) is 5.69 Å². The van der Waals surface area contributed by atoms with Gasteiger partial charge in [0.15, 0.2) is 0 Å². The van der Waals surface area contributed by atoms with Gasteiger partial charge in [0.2, 0.25) is 0 Å². The van der Waals surface area contributed by atoms with Crippen LogP contribution in [-0.2, 0) is 0 Å². The predicted molar refractivity (Wildman–Crippen MR) is 77.5 cm³/mol. The summed E-state index contributed by atoms with van der Waals surface area (Å²) in [6.45, 7) is 1.81. The number of H-pyrrole nitrogens is 1. The monoisotopic (exact) mass is 345 g/mol. The average molecular weight is 347 g/mol. The molecule has 7 heteroatoms. The molecule has 2 heterocycles. The topological polar surface area (TPSA) is 57.2 Å². The standard InChI is InChI=1S/C11H9BrClN3OS/c1-6(9-2-3-10(13)18-9)15-16-11(17)8-4-7(12)5-14-8/h2-5,14H,1H3,(H,16,17)/b15-6-. The number of carbonyl (C=O) groups is 1. The molecule has 2 aromatic rings. The molecule has 0 radical (unpaired) electrons. The van der Waals surface area contributed by atoms with Crippen LogP contribution in [0.25, 0.3) is 0 Å². The quantitative estimate of drug-likeness (QED) is 0.647. The third-order valence-corrected chi connectivity index (χ3v) is 3.95. The van der Waals surface area contributed by atoms with Gasteiger partial charge in [0.25, 0.3) is 5.91 Å². The molecule has 2 N–H and O–H groups in total. The molecule has 0 unspecified atom stereocenters. The summed E-state index contributed by atoms with van der Waals surface area (Å²) in [4.78, 5) is 15.5. The van der Waals surface area contributed by atoms with Crippen LogP contribution in [0.5, 0.6) is 0 Å². The van der Waals surface area contributed by atoms with Crippen LogP contribution in [0.1, 0.15) is 22.3 Å². The molecule has 0 spiro atoms. The van der Waals surface area contributed by atoms with Crippen molar-refractivity contribution in [1.82, 2.24) is 10.4 Å². The third kappa shape index (κ3) is 3.22. The summed E-state index contributed by atoms with van der Waals surface area (Å²) in [6.07, 6.45) is 1.69. The van der Waals surface area contributed by atoms with Gasteiger partial charge in [-0.25, -0.2) is 5.43 Å². The van der Waals surface area contributed by atoms with E-state index in [1.807, 2.05) is 13.0 Å². The molecule has 4 nitrogen and oxygen atoms in total. The lowest BCUT2D eigenvalue weighted by atomic mass is 10.3. The number of carbonyl (C=O) groups excluding carboxylic acids is 1. The first kappa shape index (κ1) is 13.3. The molecule has 0 fully saturated rings. The summed E-state index contributed by atoms with van der Waals surface area (Å²) in [7, 11) is 0. The summed E-state index contributed by atoms with van der Waals surface area (Å²) >= 11 is 10.5. The minimum Gasteiger partial charge on any atom is -0.356 e. The van der Waals surface area contributed by atoms with Crippen LogP contribution in [0.3, 0.4) is 0 Å². The van der Waals surface area contributed by atoms with Gasteiger partial charge in [-0.1, -0.05) is 11.6 Å². The number of rotatable bonds is 3. The van der Waals surface area contributed by atoms with Crippen molar-refractivity contribution in [2.24, 2.45) is 5.10 Å². The van der Waals surface area contributed by atoms with E-state index in [1.165, 1.54) is 11.3 Å². The molecule has 0 aromatic carbocycles. The summed E-state index contributed by atoms with van der Waals surface area (Å²) in [5.74, 6) is -0.289. The number of aromatic nitrogens is 1. The Morgan fingerprint density at radius 2 is 2.33 bits per heavy atom. The van der Waals surface area contributed by atoms with Crippen LogP contribution in [0, 0.1) is 0 Å². The van der Waals surface area contributed by atoms with Crippen LogP contribution >= 0.6 is 38.9 Å². The number of halogens is 2. The molecule has 0 saturated heterocycles. The maximum atomic E-state index is 11.7. The molecular weight excluding hydrogens is 338 g/mol. The SMILES string of the molecule is C/C(=N/NC(=O)c1cc(Br)c[nH]1)c1ccc(Cl)s1. The first-order valence-electron chi connectivity index (χ1n) is 5.00. The fourth-order valence-corrected chi connectivity index (χ4v) is 2.59. The van der Waals surface area contributed by atoms with E-state index in [4.69, 9.17) is 11.6 Å². The molecule has 2 aromatic heterocycles. The number of nitrogens with zero attached hydrogens (tertiary/aromatic N) is 1. The van der Waals surface area contributed by atoms with Crippen molar-refractivity contribution < 1.29 is 4.79 Å². The molecule has 1 amide bonds. The van der Waals surface area contributed by atoms with E-state index in [2.05, 4.69) is 31.4 Å². The Morgan fingerprint density at radius 1 is 1.56 bits per heavy atom. The maximum absolute atomic E-state index is 11.7. The molecule has 0 bridgehead atoms. The summed E-state index contributed by atoms with van der Waals surface area (Å²) in [6, 6.07) is 5.34. The first-order valence-corrected chi connectivity index (χ1v) is 6.99. The highest BCUT2D eigenvalue weighted by molar-refractivity contribution is 9.10. The van der Waals surface area contributed by atoms with E-state index in [0.717, 1.165) is 9.35 Å². The lowest BCUT2D eigenvalue weighted by molar-refractivity contribution is 0.0950. The van der Waals surface area contributed by atoms with Crippen molar-refractivity contribution >= 4 is 50.5 Å². The Hall–Kier alpha value is -1.11. The minimum atomic E-state index is -0.289. The van der Waals surface area contributed by atoms with Gasteiger partial charge in [-0.2, -0.15) is 5.10 Å². The second-order valence-corrected chi connectivity index (χ2v) is 6.10. The fourth-order valence-electron chi connectivity index (χ4n) is 1.26. The van der Waals surface area contributed by atoms with Crippen LogP contribution in [0.4, 0.5) is 0 Å². The smallest absolute Gasteiger partial charge is 0.287 e. The number of aromatic amines is 1. The number of thiophene rings is 1. The average Bonchev–Trinajstić information content (AvgIpc) is 2.94. The Kier molecular flexibility index (Phi) is 4.21. The predicted octanol–water partition coefficient (Wildman–Crippen LogP) is 3.65. The number of nitrogens with one attached hydrogen (secondary N) is 2. The van der Waals surface area contributed by atoms with Gasteiger partial charge in [0, 0.05) is 10.7 Å². The van der Waals surface area contributed by atoms with E-state index in [1.54, 1.807) is 18.3 Å². The molecular formula is C11H9BrClN3OS. The Labute approximate surface area is 121 Å². The van der Waals surface area contributed by atoms with E-state index in [-0.39, 0.29) is 5.91 Å². The molecule has 94 valence electrons. The van der Waals surface area contributed by atoms with Crippen LogP contribution in [0.2, 0.25) is 4.34 Å². The fraction of sp³-hybridized carbons (Fsp3) is 0.0909. The van der Waals surface area contributed by atoms with Crippen molar-refractivity contribution in [2.45, 2.75) is 6.92 Å². The van der Waals surface area contributed by atoms with Gasteiger partial charge in [-0.15, -0.1) is 11.3 Å². The second kappa shape index (κ2) is 5.69. The van der Waals surface area contributed by atoms with Crippen molar-refractivity contribution in [1.29, 1.82) is 0 Å². The van der Waals surface area contributed by atoms with Crippen molar-refractivity contribution in [3.8, 4) is 0 Å². The summed E-state index contributed by atoms with van der Waals surface area (Å²) < 4.78 is 1.51. The first-order chi connectivity index (χ1) is 8.56. The maximum Gasteiger partial charge on any atom is 0.287 e. The van der Waals surface area contributed by atoms with Crippen LogP contribution in [-0.4, -0.2) is 16.6 Å². The number of amides is 1. The van der Waals surface area contributed by atoms with Gasteiger partial charge >= 0.3 is 0 Å². The Bertz CT molecular complexity index is 605. The van der Waals surface area contributed by atoms with Gasteiger partial charge in [-0.05, 0) is 41.1 Å². The van der Waals surface area contributed by atoms with E-state index in [9.17, 15) is 4.79 Å². The summed E-state index contributed by atoms with van der Waals surface area (Å²) in [5, 5.41) is 4.03. The Morgan fingerprint density at radius 3 is 2.89 bits per heavy atom. The number of hydrogen-bond donors (Lipinski definition) is 2. The normalized spacial score (nSPS) is 11.6. The lowest BCUT2D eigenvalue weighted by Crippen LogP contribution is -2.19. The van der Waals surface area contributed by atoms with E-state index < -0.39 is 0 Å². The number of hydrogen-bond acceptors (Lipinski definition) is 3. The summed E-state index contributed by atoms with van der Waals surface area (Å²) in [5.41, 5.74) is 3.64. The largest absolute Gasteiger partial charge is 0.356 e.